The summed E-state index contributed by atoms with van der Waals surface area (Å²) in [5.74, 6) is 0.975. The van der Waals surface area contributed by atoms with Crippen molar-refractivity contribution in [3.05, 3.63) is 12.4 Å². The minimum Gasteiger partial charge on any atom is -0.487 e. The van der Waals surface area contributed by atoms with E-state index in [0.717, 1.165) is 5.75 Å². The van der Waals surface area contributed by atoms with Crippen LogP contribution in [0.5, 0.6) is 5.75 Å². The molecule has 1 heterocycles. The lowest BCUT2D eigenvalue weighted by Crippen LogP contribution is -2.13. The van der Waals surface area contributed by atoms with Gasteiger partial charge >= 0.3 is 0 Å². The molecule has 0 amide bonds. The molecule has 3 rings (SSSR count). The molecular formula is C14H22N2O. The summed E-state index contributed by atoms with van der Waals surface area (Å²) in [6.45, 7) is 0. The smallest absolute Gasteiger partial charge is 0.157 e. The highest BCUT2D eigenvalue weighted by Crippen LogP contribution is 2.29. The van der Waals surface area contributed by atoms with Crippen molar-refractivity contribution in [3.8, 4) is 5.75 Å². The summed E-state index contributed by atoms with van der Waals surface area (Å²) >= 11 is 0. The van der Waals surface area contributed by atoms with Gasteiger partial charge in [0, 0.05) is 0 Å². The van der Waals surface area contributed by atoms with Crippen molar-refractivity contribution in [1.82, 2.24) is 9.78 Å². The highest BCUT2D eigenvalue weighted by Gasteiger charge is 2.19. The number of ether oxygens (including phenoxy) is 1. The van der Waals surface area contributed by atoms with Crippen molar-refractivity contribution in [2.24, 2.45) is 0 Å². The molecule has 3 heteroatoms. The van der Waals surface area contributed by atoms with Crippen LogP contribution in [-0.2, 0) is 0 Å². The van der Waals surface area contributed by atoms with Crippen LogP contribution in [-0.4, -0.2) is 15.9 Å². The summed E-state index contributed by atoms with van der Waals surface area (Å²) in [6, 6.07) is 0.615. The second-order valence-corrected chi connectivity index (χ2v) is 5.47. The van der Waals surface area contributed by atoms with Crippen LogP contribution < -0.4 is 4.74 Å². The van der Waals surface area contributed by atoms with Crippen LogP contribution in [0.15, 0.2) is 12.4 Å². The van der Waals surface area contributed by atoms with Crippen molar-refractivity contribution in [3.63, 3.8) is 0 Å². The third-order valence-electron chi connectivity index (χ3n) is 4.13. The Morgan fingerprint density at radius 2 is 1.71 bits per heavy atom. The van der Waals surface area contributed by atoms with Crippen LogP contribution in [0.2, 0.25) is 0 Å². The standard InChI is InChI=1S/C14H22N2O/c1-2-6-12(7-3-1)16-11-14(10-15-16)17-13-8-4-5-9-13/h10-13H,1-9H2. The van der Waals surface area contributed by atoms with Gasteiger partial charge in [0.25, 0.3) is 0 Å². The van der Waals surface area contributed by atoms with Gasteiger partial charge in [-0.25, -0.2) is 0 Å². The van der Waals surface area contributed by atoms with E-state index in [1.807, 2.05) is 6.20 Å². The minimum atomic E-state index is 0.444. The maximum Gasteiger partial charge on any atom is 0.157 e. The topological polar surface area (TPSA) is 27.1 Å². The van der Waals surface area contributed by atoms with E-state index >= 15 is 0 Å². The summed E-state index contributed by atoms with van der Waals surface area (Å²) in [7, 11) is 0. The quantitative estimate of drug-likeness (QED) is 0.797. The Kier molecular flexibility index (Phi) is 3.34. The molecule has 1 aromatic heterocycles. The highest BCUT2D eigenvalue weighted by molar-refractivity contribution is 5.13. The molecule has 0 atom stereocenters. The van der Waals surface area contributed by atoms with E-state index in [1.54, 1.807) is 0 Å². The van der Waals surface area contributed by atoms with Crippen molar-refractivity contribution in [2.45, 2.75) is 69.9 Å². The molecule has 94 valence electrons. The molecule has 0 aromatic carbocycles. The fourth-order valence-corrected chi connectivity index (χ4v) is 3.13. The summed E-state index contributed by atoms with van der Waals surface area (Å²) in [6.07, 6.45) is 16.2. The first-order valence-corrected chi connectivity index (χ1v) is 7.12. The van der Waals surface area contributed by atoms with E-state index in [-0.39, 0.29) is 0 Å². The van der Waals surface area contributed by atoms with Crippen molar-refractivity contribution in [1.29, 1.82) is 0 Å². The Balaban J connectivity index is 1.60. The molecule has 0 spiro atoms. The summed E-state index contributed by atoms with van der Waals surface area (Å²) in [4.78, 5) is 0. The van der Waals surface area contributed by atoms with Crippen LogP contribution >= 0.6 is 0 Å². The number of hydrogen-bond donors (Lipinski definition) is 0. The van der Waals surface area contributed by atoms with E-state index in [9.17, 15) is 0 Å². The Bertz CT molecular complexity index is 349. The van der Waals surface area contributed by atoms with Gasteiger partial charge in [-0.15, -0.1) is 0 Å². The van der Waals surface area contributed by atoms with Gasteiger partial charge in [-0.1, -0.05) is 19.3 Å². The van der Waals surface area contributed by atoms with Crippen LogP contribution in [0.1, 0.15) is 63.8 Å². The van der Waals surface area contributed by atoms with Gasteiger partial charge in [-0.3, -0.25) is 4.68 Å². The molecule has 17 heavy (non-hydrogen) atoms. The Morgan fingerprint density at radius 3 is 2.47 bits per heavy atom. The van der Waals surface area contributed by atoms with E-state index in [0.29, 0.717) is 12.1 Å². The molecular weight excluding hydrogens is 212 g/mol. The number of nitrogens with zero attached hydrogens (tertiary/aromatic N) is 2. The first-order valence-electron chi connectivity index (χ1n) is 7.12. The monoisotopic (exact) mass is 234 g/mol. The maximum absolute atomic E-state index is 5.96. The molecule has 0 N–H and O–H groups in total. The molecule has 0 bridgehead atoms. The third-order valence-corrected chi connectivity index (χ3v) is 4.13. The highest BCUT2D eigenvalue weighted by atomic mass is 16.5. The van der Waals surface area contributed by atoms with Gasteiger partial charge in [0.1, 0.15) is 0 Å². The van der Waals surface area contributed by atoms with Gasteiger partial charge in [0.2, 0.25) is 0 Å². The molecule has 2 saturated carbocycles. The van der Waals surface area contributed by atoms with Gasteiger partial charge in [-0.2, -0.15) is 5.10 Å². The fraction of sp³-hybridized carbons (Fsp3) is 0.786. The fourth-order valence-electron chi connectivity index (χ4n) is 3.13. The molecule has 3 nitrogen and oxygen atoms in total. The second kappa shape index (κ2) is 5.11. The average Bonchev–Trinajstić information content (AvgIpc) is 3.02. The minimum absolute atomic E-state index is 0.444. The lowest BCUT2D eigenvalue weighted by atomic mass is 9.96. The summed E-state index contributed by atoms with van der Waals surface area (Å²) in [5, 5.41) is 4.47. The van der Waals surface area contributed by atoms with Gasteiger partial charge in [-0.05, 0) is 38.5 Å². The van der Waals surface area contributed by atoms with Gasteiger partial charge in [0.15, 0.2) is 5.75 Å². The predicted molar refractivity (Wildman–Crippen MR) is 67.2 cm³/mol. The first kappa shape index (κ1) is 11.1. The lowest BCUT2D eigenvalue weighted by Gasteiger charge is -2.21. The van der Waals surface area contributed by atoms with E-state index in [4.69, 9.17) is 4.74 Å². The Labute approximate surface area is 103 Å². The predicted octanol–water partition coefficient (Wildman–Crippen LogP) is 3.71. The number of hydrogen-bond acceptors (Lipinski definition) is 2. The lowest BCUT2D eigenvalue weighted by molar-refractivity contribution is 0.209. The van der Waals surface area contributed by atoms with E-state index < -0.39 is 0 Å². The maximum atomic E-state index is 5.96. The van der Waals surface area contributed by atoms with Crippen molar-refractivity contribution >= 4 is 0 Å². The molecule has 0 aliphatic heterocycles. The molecule has 2 fully saturated rings. The van der Waals surface area contributed by atoms with Crippen LogP contribution in [0.4, 0.5) is 0 Å². The second-order valence-electron chi connectivity index (χ2n) is 5.47. The molecule has 2 aliphatic carbocycles. The normalized spacial score (nSPS) is 23.1. The average molecular weight is 234 g/mol. The third kappa shape index (κ3) is 2.64. The van der Waals surface area contributed by atoms with Crippen LogP contribution in [0, 0.1) is 0 Å². The molecule has 0 radical (unpaired) electrons. The van der Waals surface area contributed by atoms with Crippen molar-refractivity contribution < 1.29 is 4.74 Å². The first-order chi connectivity index (χ1) is 8.42. The van der Waals surface area contributed by atoms with Crippen molar-refractivity contribution in [2.75, 3.05) is 0 Å². The zero-order valence-electron chi connectivity index (χ0n) is 10.5. The molecule has 2 aliphatic rings. The van der Waals surface area contributed by atoms with Gasteiger partial charge in [0.05, 0.1) is 24.5 Å². The van der Waals surface area contributed by atoms with E-state index in [1.165, 1.54) is 57.8 Å². The Hall–Kier alpha value is -0.990. The van der Waals surface area contributed by atoms with Crippen LogP contribution in [0.3, 0.4) is 0 Å². The SMILES string of the molecule is c1nn(C2CCCCC2)cc1OC1CCCC1. The molecule has 0 saturated heterocycles. The van der Waals surface area contributed by atoms with Gasteiger partial charge < -0.3 is 4.74 Å². The molecule has 0 unspecified atom stereocenters. The largest absolute Gasteiger partial charge is 0.487 e. The number of rotatable bonds is 3. The number of aromatic nitrogens is 2. The molecule has 1 aromatic rings. The Morgan fingerprint density at radius 1 is 1.00 bits per heavy atom. The van der Waals surface area contributed by atoms with Crippen LogP contribution in [0.25, 0.3) is 0 Å². The zero-order valence-corrected chi connectivity index (χ0v) is 10.5. The zero-order chi connectivity index (χ0) is 11.5. The summed E-state index contributed by atoms with van der Waals surface area (Å²) < 4.78 is 8.09. The summed E-state index contributed by atoms with van der Waals surface area (Å²) in [5.41, 5.74) is 0. The van der Waals surface area contributed by atoms with E-state index in [2.05, 4.69) is 16.0 Å².